The highest BCUT2D eigenvalue weighted by atomic mass is 14.0. The van der Waals surface area contributed by atoms with Gasteiger partial charge in [0.25, 0.3) is 0 Å². The first kappa shape index (κ1) is 13.4. The van der Waals surface area contributed by atoms with E-state index in [1.54, 1.807) is 0 Å². The Morgan fingerprint density at radius 2 is 1.11 bits per heavy atom. The summed E-state index contributed by atoms with van der Waals surface area (Å²) in [7, 11) is 0. The Hall–Kier alpha value is -2.00. The average molecular weight is 248 g/mol. The lowest BCUT2D eigenvalue weighted by atomic mass is 10.1. The van der Waals surface area contributed by atoms with Crippen molar-refractivity contribution in [3.63, 3.8) is 0 Å². The average Bonchev–Trinajstić information content (AvgIpc) is 2.48. The maximum absolute atomic E-state index is 3.28. The molecule has 96 valence electrons. The van der Waals surface area contributed by atoms with E-state index in [1.165, 1.54) is 11.1 Å². The van der Waals surface area contributed by atoms with Gasteiger partial charge in [-0.2, -0.15) is 0 Å². The Kier molecular flexibility index (Phi) is 5.77. The maximum atomic E-state index is 3.28. The third-order valence-electron chi connectivity index (χ3n) is 3.12. The van der Waals surface area contributed by atoms with Crippen LogP contribution in [0.2, 0.25) is 0 Å². The maximum Gasteiger partial charge on any atom is 0.0129 e. The van der Waals surface area contributed by atoms with E-state index in [0.717, 1.165) is 32.1 Å². The van der Waals surface area contributed by atoms with Gasteiger partial charge in [-0.15, -0.1) is 11.8 Å². The SMILES string of the molecule is C(#CCCc1ccccc1)CCCc1ccccc1. The van der Waals surface area contributed by atoms with Gasteiger partial charge < -0.3 is 0 Å². The predicted octanol–water partition coefficient (Wildman–Crippen LogP) is 4.65. The van der Waals surface area contributed by atoms with Gasteiger partial charge in [-0.1, -0.05) is 60.7 Å². The van der Waals surface area contributed by atoms with E-state index in [4.69, 9.17) is 0 Å². The van der Waals surface area contributed by atoms with E-state index >= 15 is 0 Å². The third kappa shape index (κ3) is 5.44. The molecule has 0 amide bonds. The molecule has 0 unspecified atom stereocenters. The predicted molar refractivity (Wildman–Crippen MR) is 81.9 cm³/mol. The van der Waals surface area contributed by atoms with Gasteiger partial charge in [-0.05, 0) is 30.4 Å². The molecule has 0 aromatic heterocycles. The summed E-state index contributed by atoms with van der Waals surface area (Å²) in [5, 5.41) is 0. The van der Waals surface area contributed by atoms with Gasteiger partial charge in [-0.3, -0.25) is 0 Å². The number of aryl methyl sites for hydroxylation is 2. The minimum absolute atomic E-state index is 0.968. The second-order valence-corrected chi connectivity index (χ2v) is 4.68. The van der Waals surface area contributed by atoms with Crippen LogP contribution in [0, 0.1) is 11.8 Å². The van der Waals surface area contributed by atoms with Crippen LogP contribution in [0.25, 0.3) is 0 Å². The summed E-state index contributed by atoms with van der Waals surface area (Å²) >= 11 is 0. The molecular weight excluding hydrogens is 228 g/mol. The van der Waals surface area contributed by atoms with Crippen molar-refractivity contribution in [1.82, 2.24) is 0 Å². The second kappa shape index (κ2) is 8.16. The lowest BCUT2D eigenvalue weighted by Gasteiger charge is -1.97. The monoisotopic (exact) mass is 248 g/mol. The first-order valence-corrected chi connectivity index (χ1v) is 6.99. The molecule has 0 heterocycles. The molecule has 19 heavy (non-hydrogen) atoms. The van der Waals surface area contributed by atoms with Gasteiger partial charge in [0.15, 0.2) is 0 Å². The van der Waals surface area contributed by atoms with Crippen molar-refractivity contribution < 1.29 is 0 Å². The standard InChI is InChI=1S/C19H20/c1(2-6-12-18-14-8-4-9-15-18)3-7-13-19-16-10-5-11-17-19/h4-5,8-11,14-17H,2,6-7,12-13H2. The van der Waals surface area contributed by atoms with E-state index in [9.17, 15) is 0 Å². The van der Waals surface area contributed by atoms with E-state index in [2.05, 4.69) is 72.5 Å². The normalized spacial score (nSPS) is 9.68. The Bertz CT molecular complexity index is 514. The molecule has 0 atom stereocenters. The minimum Gasteiger partial charge on any atom is -0.103 e. The van der Waals surface area contributed by atoms with Crippen LogP contribution < -0.4 is 0 Å². The molecule has 0 aliphatic rings. The van der Waals surface area contributed by atoms with E-state index in [-0.39, 0.29) is 0 Å². The zero-order chi connectivity index (χ0) is 13.2. The van der Waals surface area contributed by atoms with Crippen LogP contribution in [0.4, 0.5) is 0 Å². The van der Waals surface area contributed by atoms with Crippen LogP contribution >= 0.6 is 0 Å². The number of rotatable bonds is 5. The molecule has 2 aromatic rings. The van der Waals surface area contributed by atoms with Crippen molar-refractivity contribution in [3.8, 4) is 11.8 Å². The molecule has 0 aliphatic heterocycles. The molecule has 2 rings (SSSR count). The van der Waals surface area contributed by atoms with Crippen molar-refractivity contribution in [2.24, 2.45) is 0 Å². The Morgan fingerprint density at radius 1 is 0.579 bits per heavy atom. The fourth-order valence-corrected chi connectivity index (χ4v) is 2.05. The number of benzene rings is 2. The van der Waals surface area contributed by atoms with Crippen molar-refractivity contribution in [3.05, 3.63) is 71.8 Å². The molecule has 0 spiro atoms. The molecular formula is C19H20. The topological polar surface area (TPSA) is 0 Å². The van der Waals surface area contributed by atoms with Crippen LogP contribution in [0.3, 0.4) is 0 Å². The lowest BCUT2D eigenvalue weighted by Crippen LogP contribution is -1.84. The number of hydrogen-bond acceptors (Lipinski definition) is 0. The molecule has 0 N–H and O–H groups in total. The molecule has 0 saturated heterocycles. The number of hydrogen-bond donors (Lipinski definition) is 0. The summed E-state index contributed by atoms with van der Waals surface area (Å²) in [4.78, 5) is 0. The quantitative estimate of drug-likeness (QED) is 0.534. The minimum atomic E-state index is 0.968. The van der Waals surface area contributed by atoms with Crippen LogP contribution in [-0.4, -0.2) is 0 Å². The van der Waals surface area contributed by atoms with Gasteiger partial charge in [-0.25, -0.2) is 0 Å². The number of unbranched alkanes of at least 4 members (excludes halogenated alkanes) is 1. The molecule has 0 radical (unpaired) electrons. The zero-order valence-corrected chi connectivity index (χ0v) is 11.3. The highest BCUT2D eigenvalue weighted by Crippen LogP contribution is 2.04. The Morgan fingerprint density at radius 3 is 1.74 bits per heavy atom. The van der Waals surface area contributed by atoms with E-state index in [1.807, 2.05) is 0 Å². The van der Waals surface area contributed by atoms with Gasteiger partial charge in [0.1, 0.15) is 0 Å². The summed E-state index contributed by atoms with van der Waals surface area (Å²) in [5.74, 6) is 6.55. The Balaban J connectivity index is 1.60. The molecule has 2 aromatic carbocycles. The fourth-order valence-electron chi connectivity index (χ4n) is 2.05. The third-order valence-corrected chi connectivity index (χ3v) is 3.12. The highest BCUT2D eigenvalue weighted by Gasteiger charge is 1.90. The summed E-state index contributed by atoms with van der Waals surface area (Å²) in [6.45, 7) is 0. The highest BCUT2D eigenvalue weighted by molar-refractivity contribution is 5.17. The first-order valence-electron chi connectivity index (χ1n) is 6.99. The molecule has 0 fully saturated rings. The first-order chi connectivity index (χ1) is 9.45. The van der Waals surface area contributed by atoms with Crippen LogP contribution in [0.15, 0.2) is 60.7 Å². The summed E-state index contributed by atoms with van der Waals surface area (Å²) in [6.07, 6.45) is 5.32. The van der Waals surface area contributed by atoms with Gasteiger partial charge >= 0.3 is 0 Å². The largest absolute Gasteiger partial charge is 0.103 e. The van der Waals surface area contributed by atoms with E-state index in [0.29, 0.717) is 0 Å². The molecule has 0 aliphatic carbocycles. The summed E-state index contributed by atoms with van der Waals surface area (Å²) in [5.41, 5.74) is 2.79. The second-order valence-electron chi connectivity index (χ2n) is 4.68. The van der Waals surface area contributed by atoms with Crippen molar-refractivity contribution >= 4 is 0 Å². The summed E-state index contributed by atoms with van der Waals surface area (Å²) in [6, 6.07) is 21.2. The fraction of sp³-hybridized carbons (Fsp3) is 0.263. The Labute approximate surface area is 116 Å². The zero-order valence-electron chi connectivity index (χ0n) is 11.3. The molecule has 0 nitrogen and oxygen atoms in total. The van der Waals surface area contributed by atoms with Gasteiger partial charge in [0.2, 0.25) is 0 Å². The molecule has 0 heteroatoms. The van der Waals surface area contributed by atoms with Crippen molar-refractivity contribution in [2.75, 3.05) is 0 Å². The summed E-state index contributed by atoms with van der Waals surface area (Å²) < 4.78 is 0. The van der Waals surface area contributed by atoms with Gasteiger partial charge in [0.05, 0.1) is 0 Å². The van der Waals surface area contributed by atoms with Crippen molar-refractivity contribution in [2.45, 2.75) is 32.1 Å². The van der Waals surface area contributed by atoms with Crippen LogP contribution in [0.1, 0.15) is 30.4 Å². The smallest absolute Gasteiger partial charge is 0.0129 e. The lowest BCUT2D eigenvalue weighted by molar-refractivity contribution is 0.856. The molecule has 0 bridgehead atoms. The van der Waals surface area contributed by atoms with Crippen LogP contribution in [-0.2, 0) is 12.8 Å². The van der Waals surface area contributed by atoms with Gasteiger partial charge in [0, 0.05) is 12.8 Å². The molecule has 0 saturated carbocycles. The van der Waals surface area contributed by atoms with Crippen LogP contribution in [0.5, 0.6) is 0 Å². The van der Waals surface area contributed by atoms with E-state index < -0.39 is 0 Å². The van der Waals surface area contributed by atoms with Crippen molar-refractivity contribution in [1.29, 1.82) is 0 Å².